The number of hydrogen-bond donors (Lipinski definition) is 1. The van der Waals surface area contributed by atoms with Crippen molar-refractivity contribution in [3.8, 4) is 0 Å². The Morgan fingerprint density at radius 3 is 2.72 bits per heavy atom. The molecule has 1 saturated carbocycles. The van der Waals surface area contributed by atoms with Crippen LogP contribution in [0.1, 0.15) is 26.2 Å². The van der Waals surface area contributed by atoms with Gasteiger partial charge in [-0.25, -0.2) is 0 Å². The quantitative estimate of drug-likeness (QED) is 0.540. The first-order valence-corrected chi connectivity index (χ1v) is 7.15. The highest BCUT2D eigenvalue weighted by molar-refractivity contribution is 8.00. The molecule has 0 radical (unpaired) electrons. The number of carbonyl (C=O) groups is 2. The van der Waals surface area contributed by atoms with E-state index in [-0.39, 0.29) is 22.5 Å². The molecule has 1 aliphatic carbocycles. The van der Waals surface area contributed by atoms with Crippen molar-refractivity contribution in [3.63, 3.8) is 0 Å². The van der Waals surface area contributed by atoms with Gasteiger partial charge in [-0.15, -0.1) is 18.3 Å². The van der Waals surface area contributed by atoms with Crippen LogP contribution in [-0.4, -0.2) is 36.5 Å². The zero-order chi connectivity index (χ0) is 13.6. The van der Waals surface area contributed by atoms with Gasteiger partial charge in [0.2, 0.25) is 5.91 Å². The van der Waals surface area contributed by atoms with Crippen molar-refractivity contribution in [3.05, 3.63) is 12.7 Å². The Morgan fingerprint density at radius 2 is 2.22 bits per heavy atom. The van der Waals surface area contributed by atoms with E-state index in [1.54, 1.807) is 17.8 Å². The summed E-state index contributed by atoms with van der Waals surface area (Å²) in [6.07, 6.45) is 4.23. The van der Waals surface area contributed by atoms with Gasteiger partial charge in [0, 0.05) is 12.3 Å². The van der Waals surface area contributed by atoms with Gasteiger partial charge in [-0.2, -0.15) is 0 Å². The number of methoxy groups -OCH3 is 1. The van der Waals surface area contributed by atoms with Gasteiger partial charge >= 0.3 is 5.97 Å². The fourth-order valence-corrected chi connectivity index (χ4v) is 2.85. The summed E-state index contributed by atoms with van der Waals surface area (Å²) in [6.45, 7) is 5.94. The second-order valence-corrected chi connectivity index (χ2v) is 6.07. The first kappa shape index (κ1) is 15.1. The molecule has 0 aromatic rings. The van der Waals surface area contributed by atoms with Crippen molar-refractivity contribution in [2.45, 2.75) is 31.4 Å². The van der Waals surface area contributed by atoms with Crippen LogP contribution in [0.2, 0.25) is 0 Å². The average molecular weight is 271 g/mol. The second kappa shape index (κ2) is 6.83. The van der Waals surface area contributed by atoms with E-state index in [1.165, 1.54) is 7.11 Å². The number of nitrogens with one attached hydrogen (secondary N) is 1. The number of rotatable bonds is 8. The lowest BCUT2D eigenvalue weighted by atomic mass is 10.1. The van der Waals surface area contributed by atoms with Crippen molar-refractivity contribution >= 4 is 23.6 Å². The largest absolute Gasteiger partial charge is 0.469 e. The minimum absolute atomic E-state index is 0.0220. The molecular weight excluding hydrogens is 250 g/mol. The lowest BCUT2D eigenvalue weighted by Gasteiger charge is -2.16. The number of amides is 1. The van der Waals surface area contributed by atoms with E-state index in [0.717, 1.165) is 18.6 Å². The number of esters is 1. The highest BCUT2D eigenvalue weighted by Gasteiger charge is 2.44. The number of thioether (sulfide) groups is 1. The molecular formula is C13H21NO3S. The number of ether oxygens (including phenoxy) is 1. The van der Waals surface area contributed by atoms with Gasteiger partial charge in [0.25, 0.3) is 0 Å². The minimum Gasteiger partial charge on any atom is -0.469 e. The first-order chi connectivity index (χ1) is 8.53. The van der Waals surface area contributed by atoms with Crippen molar-refractivity contribution in [2.24, 2.45) is 5.41 Å². The molecule has 1 rings (SSSR count). The minimum atomic E-state index is -0.156. The van der Waals surface area contributed by atoms with Crippen LogP contribution in [0.4, 0.5) is 0 Å². The molecule has 0 bridgehead atoms. The molecule has 1 aliphatic rings. The summed E-state index contributed by atoms with van der Waals surface area (Å²) < 4.78 is 4.69. The summed E-state index contributed by atoms with van der Waals surface area (Å²) in [6, 6.07) is 0. The maximum Gasteiger partial charge on any atom is 0.306 e. The maximum absolute atomic E-state index is 11.6. The lowest BCUT2D eigenvalue weighted by molar-refractivity contribution is -0.141. The van der Waals surface area contributed by atoms with E-state index in [0.29, 0.717) is 13.0 Å². The molecule has 5 heteroatoms. The molecule has 1 amide bonds. The topological polar surface area (TPSA) is 55.4 Å². The predicted octanol–water partition coefficient (Wildman–Crippen LogP) is 1.75. The van der Waals surface area contributed by atoms with E-state index >= 15 is 0 Å². The van der Waals surface area contributed by atoms with E-state index in [4.69, 9.17) is 4.74 Å². The summed E-state index contributed by atoms with van der Waals surface area (Å²) in [5, 5.41) is 2.67. The van der Waals surface area contributed by atoms with Crippen molar-refractivity contribution < 1.29 is 14.3 Å². The standard InChI is InChI=1S/C13H21NO3S/c1-4-7-14-12(16)10(2)18-9-13(5-6-13)8-11(15)17-3/h4,10H,1,5-9H2,2-3H3,(H,14,16). The Labute approximate surface area is 113 Å². The normalized spacial score (nSPS) is 17.7. The Bertz CT molecular complexity index is 326. The highest BCUT2D eigenvalue weighted by Crippen LogP contribution is 2.51. The first-order valence-electron chi connectivity index (χ1n) is 6.10. The van der Waals surface area contributed by atoms with Crippen LogP contribution in [0.25, 0.3) is 0 Å². The van der Waals surface area contributed by atoms with Gasteiger partial charge in [0.15, 0.2) is 0 Å². The summed E-state index contributed by atoms with van der Waals surface area (Å²) in [7, 11) is 1.41. The fraction of sp³-hybridized carbons (Fsp3) is 0.692. The molecule has 1 N–H and O–H groups in total. The van der Waals surface area contributed by atoms with E-state index in [2.05, 4.69) is 11.9 Å². The maximum atomic E-state index is 11.6. The van der Waals surface area contributed by atoms with Gasteiger partial charge < -0.3 is 10.1 Å². The van der Waals surface area contributed by atoms with Gasteiger partial charge in [0.1, 0.15) is 0 Å². The van der Waals surface area contributed by atoms with Gasteiger partial charge in [-0.1, -0.05) is 6.08 Å². The van der Waals surface area contributed by atoms with E-state index in [1.807, 2.05) is 6.92 Å². The Morgan fingerprint density at radius 1 is 1.56 bits per heavy atom. The average Bonchev–Trinajstić information content (AvgIpc) is 3.13. The molecule has 1 unspecified atom stereocenters. The van der Waals surface area contributed by atoms with Crippen molar-refractivity contribution in [2.75, 3.05) is 19.4 Å². The number of hydrogen-bond acceptors (Lipinski definition) is 4. The van der Waals surface area contributed by atoms with Crippen LogP contribution in [0.3, 0.4) is 0 Å². The van der Waals surface area contributed by atoms with Crippen molar-refractivity contribution in [1.29, 1.82) is 0 Å². The molecule has 18 heavy (non-hydrogen) atoms. The van der Waals surface area contributed by atoms with E-state index in [9.17, 15) is 9.59 Å². The second-order valence-electron chi connectivity index (χ2n) is 4.74. The molecule has 102 valence electrons. The number of carbonyl (C=O) groups excluding carboxylic acids is 2. The zero-order valence-corrected chi connectivity index (χ0v) is 11.8. The highest BCUT2D eigenvalue weighted by atomic mass is 32.2. The molecule has 0 aromatic heterocycles. The third-order valence-electron chi connectivity index (χ3n) is 3.13. The summed E-state index contributed by atoms with van der Waals surface area (Å²) >= 11 is 1.60. The lowest BCUT2D eigenvalue weighted by Crippen LogP contribution is -2.31. The molecule has 0 heterocycles. The SMILES string of the molecule is C=CCNC(=O)C(C)SCC1(CC(=O)OC)CC1. The fourth-order valence-electron chi connectivity index (χ4n) is 1.62. The van der Waals surface area contributed by atoms with Gasteiger partial charge in [0.05, 0.1) is 18.8 Å². The summed E-state index contributed by atoms with van der Waals surface area (Å²) in [5.41, 5.74) is 0.0741. The van der Waals surface area contributed by atoms with Crippen LogP contribution in [0, 0.1) is 5.41 Å². The van der Waals surface area contributed by atoms with Gasteiger partial charge in [-0.05, 0) is 25.2 Å². The Balaban J connectivity index is 2.29. The summed E-state index contributed by atoms with van der Waals surface area (Å²) in [5.74, 6) is 0.704. The Hall–Kier alpha value is -0.970. The molecule has 0 aromatic carbocycles. The smallest absolute Gasteiger partial charge is 0.306 e. The summed E-state index contributed by atoms with van der Waals surface area (Å²) in [4.78, 5) is 22.9. The van der Waals surface area contributed by atoms with Crippen LogP contribution in [0.5, 0.6) is 0 Å². The van der Waals surface area contributed by atoms with Crippen molar-refractivity contribution in [1.82, 2.24) is 5.32 Å². The predicted molar refractivity (Wildman–Crippen MR) is 73.4 cm³/mol. The molecule has 0 spiro atoms. The molecule has 0 aliphatic heterocycles. The molecule has 1 atom stereocenters. The molecule has 4 nitrogen and oxygen atoms in total. The monoisotopic (exact) mass is 271 g/mol. The van der Waals surface area contributed by atoms with Crippen LogP contribution < -0.4 is 5.32 Å². The van der Waals surface area contributed by atoms with E-state index < -0.39 is 0 Å². The van der Waals surface area contributed by atoms with Crippen LogP contribution in [0.15, 0.2) is 12.7 Å². The third kappa shape index (κ3) is 4.72. The molecule has 1 fully saturated rings. The third-order valence-corrected chi connectivity index (χ3v) is 4.63. The Kier molecular flexibility index (Phi) is 5.72. The van der Waals surface area contributed by atoms with Crippen LogP contribution >= 0.6 is 11.8 Å². The zero-order valence-electron chi connectivity index (χ0n) is 11.0. The molecule has 0 saturated heterocycles. The van der Waals surface area contributed by atoms with Gasteiger partial charge in [-0.3, -0.25) is 9.59 Å². The van der Waals surface area contributed by atoms with Crippen LogP contribution in [-0.2, 0) is 14.3 Å².